The minimum Gasteiger partial charge on any atom is -0.308 e. The summed E-state index contributed by atoms with van der Waals surface area (Å²) in [6.45, 7) is 4.27. The Balaban J connectivity index is 1.89. The highest BCUT2D eigenvalue weighted by Crippen LogP contribution is 2.28. The largest absolute Gasteiger partial charge is 0.334 e. The topological polar surface area (TPSA) is 18.6 Å². The number of aryl methyl sites for hydroxylation is 2. The number of benzene rings is 3. The molecule has 0 atom stereocenters. The van der Waals surface area contributed by atoms with Gasteiger partial charge in [0.15, 0.2) is 0 Å². The molecule has 134 valence electrons. The van der Waals surface area contributed by atoms with E-state index in [1.807, 2.05) is 0 Å². The summed E-state index contributed by atoms with van der Waals surface area (Å²) in [6, 6.07) is 25.3. The van der Waals surface area contributed by atoms with Gasteiger partial charge >= 0.3 is 5.84 Å². The van der Waals surface area contributed by atoms with Crippen molar-refractivity contribution in [3.63, 3.8) is 0 Å². The molecule has 0 bridgehead atoms. The standard InChI is InChI=1S/C24H24N3/c1-17-11-5-9-15-21(17)26(3)23-19-13-7-8-14-20(19)24(25-23)27(4)22-16-10-6-12-18(22)2/h5-16H,1-4H3/q+1. The van der Waals surface area contributed by atoms with Crippen molar-refractivity contribution in [1.29, 1.82) is 0 Å². The van der Waals surface area contributed by atoms with Crippen LogP contribution in [0.1, 0.15) is 22.3 Å². The highest BCUT2D eigenvalue weighted by atomic mass is 15.2. The number of nitrogens with zero attached hydrogens (tertiary/aromatic N) is 3. The highest BCUT2D eigenvalue weighted by molar-refractivity contribution is 6.25. The van der Waals surface area contributed by atoms with E-state index in [9.17, 15) is 0 Å². The van der Waals surface area contributed by atoms with Crippen molar-refractivity contribution >= 4 is 23.0 Å². The van der Waals surface area contributed by atoms with Crippen molar-refractivity contribution in [3.05, 3.63) is 95.1 Å². The molecule has 0 fully saturated rings. The molecule has 0 N–H and O–H groups in total. The minimum atomic E-state index is 0.982. The van der Waals surface area contributed by atoms with Crippen molar-refractivity contribution in [2.75, 3.05) is 19.0 Å². The number of fused-ring (bicyclic) bond motifs is 1. The zero-order valence-electron chi connectivity index (χ0n) is 16.3. The minimum absolute atomic E-state index is 0.982. The summed E-state index contributed by atoms with van der Waals surface area (Å²) >= 11 is 0. The van der Waals surface area contributed by atoms with E-state index in [1.165, 1.54) is 33.6 Å². The summed E-state index contributed by atoms with van der Waals surface area (Å²) in [7, 11) is 4.18. The van der Waals surface area contributed by atoms with Crippen LogP contribution in [-0.2, 0) is 0 Å². The molecule has 3 aromatic carbocycles. The zero-order valence-corrected chi connectivity index (χ0v) is 16.3. The first kappa shape index (κ1) is 17.2. The van der Waals surface area contributed by atoms with Gasteiger partial charge in [0.05, 0.1) is 18.2 Å². The van der Waals surface area contributed by atoms with Gasteiger partial charge in [0.1, 0.15) is 5.69 Å². The monoisotopic (exact) mass is 354 g/mol. The van der Waals surface area contributed by atoms with E-state index >= 15 is 0 Å². The van der Waals surface area contributed by atoms with E-state index in [0.29, 0.717) is 0 Å². The van der Waals surface area contributed by atoms with E-state index in [-0.39, 0.29) is 0 Å². The maximum absolute atomic E-state index is 5.08. The smallest absolute Gasteiger partial charge is 0.308 e. The van der Waals surface area contributed by atoms with Gasteiger partial charge in [-0.3, -0.25) is 0 Å². The summed E-state index contributed by atoms with van der Waals surface area (Å²) in [5.74, 6) is 1.96. The lowest BCUT2D eigenvalue weighted by Gasteiger charge is -2.18. The molecule has 0 amide bonds. The Morgan fingerprint density at radius 2 is 1.33 bits per heavy atom. The van der Waals surface area contributed by atoms with E-state index in [2.05, 4.69) is 110 Å². The number of rotatable bonds is 2. The Morgan fingerprint density at radius 3 is 2.04 bits per heavy atom. The van der Waals surface area contributed by atoms with Crippen LogP contribution in [0, 0.1) is 13.8 Å². The number of para-hydroxylation sites is 2. The molecule has 0 aliphatic carbocycles. The lowest BCUT2D eigenvalue weighted by atomic mass is 10.1. The number of aliphatic imine (C=N–C) groups is 1. The molecule has 0 spiro atoms. The fourth-order valence-corrected chi connectivity index (χ4v) is 3.71. The van der Waals surface area contributed by atoms with Gasteiger partial charge in [-0.15, -0.1) is 0 Å². The van der Waals surface area contributed by atoms with Crippen molar-refractivity contribution in [2.24, 2.45) is 4.99 Å². The molecule has 1 aliphatic heterocycles. The van der Waals surface area contributed by atoms with Gasteiger partial charge in [-0.05, 0) is 54.2 Å². The maximum Gasteiger partial charge on any atom is 0.334 e. The Hall–Kier alpha value is -3.20. The molecule has 3 heteroatoms. The molecule has 0 unspecified atom stereocenters. The summed E-state index contributed by atoms with van der Waals surface area (Å²) in [4.78, 5) is 7.26. The van der Waals surface area contributed by atoms with E-state index in [4.69, 9.17) is 4.99 Å². The molecule has 0 radical (unpaired) electrons. The van der Waals surface area contributed by atoms with Crippen molar-refractivity contribution in [1.82, 2.24) is 0 Å². The molecule has 1 heterocycles. The SMILES string of the molecule is Cc1ccccc1N(C)C1=NC(=[N+](C)c2ccccc2C)c2ccccc21. The van der Waals surface area contributed by atoms with E-state index in [1.54, 1.807) is 0 Å². The summed E-state index contributed by atoms with van der Waals surface area (Å²) < 4.78 is 2.19. The second-order valence-corrected chi connectivity index (χ2v) is 7.00. The predicted octanol–water partition coefficient (Wildman–Crippen LogP) is 4.92. The normalized spacial score (nSPS) is 14.6. The third-order valence-electron chi connectivity index (χ3n) is 5.21. The van der Waals surface area contributed by atoms with Gasteiger partial charge in [0, 0.05) is 12.7 Å². The molecule has 3 nitrogen and oxygen atoms in total. The predicted molar refractivity (Wildman–Crippen MR) is 114 cm³/mol. The molecular weight excluding hydrogens is 330 g/mol. The molecular formula is C24H24N3+. The third-order valence-corrected chi connectivity index (χ3v) is 5.21. The second-order valence-electron chi connectivity index (χ2n) is 7.00. The Labute approximate surface area is 160 Å². The van der Waals surface area contributed by atoms with Gasteiger partial charge in [-0.25, -0.2) is 4.58 Å². The van der Waals surface area contributed by atoms with Crippen LogP contribution in [0.4, 0.5) is 11.4 Å². The van der Waals surface area contributed by atoms with Gasteiger partial charge in [-0.1, -0.05) is 48.5 Å². The first-order valence-corrected chi connectivity index (χ1v) is 9.22. The third kappa shape index (κ3) is 2.95. The van der Waals surface area contributed by atoms with Gasteiger partial charge in [-0.2, -0.15) is 0 Å². The fourth-order valence-electron chi connectivity index (χ4n) is 3.71. The summed E-state index contributed by atoms with van der Waals surface area (Å²) in [5, 5.41) is 0. The average Bonchev–Trinajstić information content (AvgIpc) is 3.07. The van der Waals surface area contributed by atoms with Crippen LogP contribution < -0.4 is 4.90 Å². The number of anilines is 1. The van der Waals surface area contributed by atoms with Gasteiger partial charge in [0.25, 0.3) is 5.84 Å². The molecule has 4 rings (SSSR count). The number of hydrogen-bond acceptors (Lipinski definition) is 1. The first-order valence-electron chi connectivity index (χ1n) is 9.22. The second kappa shape index (κ2) is 6.84. The highest BCUT2D eigenvalue weighted by Gasteiger charge is 2.34. The average molecular weight is 354 g/mol. The Morgan fingerprint density at radius 1 is 0.741 bits per heavy atom. The van der Waals surface area contributed by atoms with Crippen LogP contribution in [-0.4, -0.2) is 30.3 Å². The van der Waals surface area contributed by atoms with Crippen LogP contribution in [0.2, 0.25) is 0 Å². The van der Waals surface area contributed by atoms with Crippen molar-refractivity contribution in [3.8, 4) is 0 Å². The molecule has 27 heavy (non-hydrogen) atoms. The summed E-state index contributed by atoms with van der Waals surface area (Å²) in [5.41, 5.74) is 7.15. The first-order chi connectivity index (χ1) is 13.1. The lowest BCUT2D eigenvalue weighted by molar-refractivity contribution is -0.405. The molecule has 0 aromatic heterocycles. The summed E-state index contributed by atoms with van der Waals surface area (Å²) in [6.07, 6.45) is 0. The van der Waals surface area contributed by atoms with Crippen LogP contribution in [0.3, 0.4) is 0 Å². The maximum atomic E-state index is 5.08. The van der Waals surface area contributed by atoms with Crippen molar-refractivity contribution < 1.29 is 4.58 Å². The quantitative estimate of drug-likeness (QED) is 0.598. The van der Waals surface area contributed by atoms with Gasteiger partial charge in [0.2, 0.25) is 0 Å². The molecule has 3 aromatic rings. The van der Waals surface area contributed by atoms with Crippen LogP contribution in [0.15, 0.2) is 77.8 Å². The zero-order chi connectivity index (χ0) is 19.0. The van der Waals surface area contributed by atoms with E-state index in [0.717, 1.165) is 11.7 Å². The van der Waals surface area contributed by atoms with Gasteiger partial charge < -0.3 is 4.90 Å². The van der Waals surface area contributed by atoms with E-state index < -0.39 is 0 Å². The number of hydrogen-bond donors (Lipinski definition) is 0. The van der Waals surface area contributed by atoms with Crippen molar-refractivity contribution in [2.45, 2.75) is 13.8 Å². The molecule has 1 aliphatic rings. The fraction of sp³-hybridized carbons (Fsp3) is 0.167. The Bertz CT molecular complexity index is 1080. The van der Waals surface area contributed by atoms with Crippen LogP contribution >= 0.6 is 0 Å². The lowest BCUT2D eigenvalue weighted by Crippen LogP contribution is -2.26. The van der Waals surface area contributed by atoms with Crippen LogP contribution in [0.25, 0.3) is 0 Å². The Kier molecular flexibility index (Phi) is 4.36. The molecule has 0 saturated heterocycles. The van der Waals surface area contributed by atoms with Crippen LogP contribution in [0.5, 0.6) is 0 Å². The molecule has 0 saturated carbocycles. The number of amidine groups is 2.